The monoisotopic (exact) mass is 721 g/mol. The van der Waals surface area contributed by atoms with E-state index in [4.69, 9.17) is 0 Å². The minimum Gasteiger partial charge on any atom is -0.310 e. The van der Waals surface area contributed by atoms with Crippen LogP contribution < -0.4 is 4.90 Å². The first-order valence-corrected chi connectivity index (χ1v) is 20.0. The Morgan fingerprint density at radius 3 is 1.02 bits per heavy atom. The van der Waals surface area contributed by atoms with Crippen molar-refractivity contribution in [2.24, 2.45) is 0 Å². The van der Waals surface area contributed by atoms with E-state index in [1.165, 1.54) is 100 Å². The summed E-state index contributed by atoms with van der Waals surface area (Å²) in [5.41, 5.74) is 23.9. The predicted octanol–water partition coefficient (Wildman–Crippen LogP) is 13.8. The van der Waals surface area contributed by atoms with Crippen LogP contribution in [0.2, 0.25) is 0 Å². The van der Waals surface area contributed by atoms with Crippen LogP contribution in [0.4, 0.5) is 17.1 Å². The molecule has 0 atom stereocenters. The van der Waals surface area contributed by atoms with Gasteiger partial charge in [-0.25, -0.2) is 0 Å². The lowest BCUT2D eigenvalue weighted by Gasteiger charge is -2.45. The maximum Gasteiger partial charge on any atom is 0.0754 e. The Morgan fingerprint density at radius 2 is 0.544 bits per heavy atom. The normalized spacial score (nSPS) is 14.9. The maximum atomic E-state index is 2.46. The topological polar surface area (TPSA) is 3.24 Å². The van der Waals surface area contributed by atoms with E-state index < -0.39 is 10.8 Å². The molecule has 1 heteroatoms. The van der Waals surface area contributed by atoms with Crippen molar-refractivity contribution in [3.63, 3.8) is 0 Å². The molecule has 0 saturated carbocycles. The van der Waals surface area contributed by atoms with Crippen LogP contribution in [0.3, 0.4) is 0 Å². The van der Waals surface area contributed by atoms with Crippen molar-refractivity contribution in [1.29, 1.82) is 0 Å². The van der Waals surface area contributed by atoms with Gasteiger partial charge in [0.05, 0.1) is 22.2 Å². The molecular formula is C56H35N. The summed E-state index contributed by atoms with van der Waals surface area (Å²) in [4.78, 5) is 2.46. The van der Waals surface area contributed by atoms with E-state index in [0.717, 1.165) is 5.69 Å². The summed E-state index contributed by atoms with van der Waals surface area (Å²) in [6, 6.07) is 79.8. The van der Waals surface area contributed by atoms with Gasteiger partial charge in [0.2, 0.25) is 0 Å². The fraction of sp³-hybridized carbons (Fsp3) is 0.0357. The van der Waals surface area contributed by atoms with Gasteiger partial charge < -0.3 is 4.90 Å². The smallest absolute Gasteiger partial charge is 0.0754 e. The first kappa shape index (κ1) is 31.0. The van der Waals surface area contributed by atoms with Gasteiger partial charge in [0.1, 0.15) is 0 Å². The highest BCUT2D eigenvalue weighted by atomic mass is 15.2. The number of benzene rings is 9. The van der Waals surface area contributed by atoms with Crippen LogP contribution >= 0.6 is 0 Å². The first-order chi connectivity index (χ1) is 28.3. The van der Waals surface area contributed by atoms with E-state index in [2.05, 4.69) is 217 Å². The molecule has 264 valence electrons. The number of hydrogen-bond acceptors (Lipinski definition) is 1. The SMILES string of the molecule is c1ccc(N2c3ccccc3C3(c4ccccc4-c4c(-c5cccc6c5-c5ccccc5C65c6ccccc6-c6ccccc65)cccc43)c3ccccc32)cc1. The van der Waals surface area contributed by atoms with E-state index in [1.54, 1.807) is 0 Å². The van der Waals surface area contributed by atoms with Crippen LogP contribution in [0.25, 0.3) is 44.5 Å². The van der Waals surface area contributed by atoms with Crippen molar-refractivity contribution in [2.45, 2.75) is 10.8 Å². The van der Waals surface area contributed by atoms with Gasteiger partial charge in [-0.15, -0.1) is 0 Å². The molecule has 0 N–H and O–H groups in total. The summed E-state index contributed by atoms with van der Waals surface area (Å²) in [5, 5.41) is 0. The van der Waals surface area contributed by atoms with Crippen molar-refractivity contribution >= 4 is 17.1 Å². The lowest BCUT2D eigenvalue weighted by Crippen LogP contribution is -2.36. The van der Waals surface area contributed by atoms with Crippen molar-refractivity contribution in [1.82, 2.24) is 0 Å². The summed E-state index contributed by atoms with van der Waals surface area (Å²) in [7, 11) is 0. The van der Waals surface area contributed by atoms with Crippen LogP contribution in [0.15, 0.2) is 212 Å². The second-order valence-corrected chi connectivity index (χ2v) is 15.8. The largest absolute Gasteiger partial charge is 0.310 e. The Balaban J connectivity index is 1.13. The van der Waals surface area contributed by atoms with E-state index >= 15 is 0 Å². The summed E-state index contributed by atoms with van der Waals surface area (Å²) in [5.74, 6) is 0. The summed E-state index contributed by atoms with van der Waals surface area (Å²) in [6.45, 7) is 0. The lowest BCUT2D eigenvalue weighted by molar-refractivity contribution is 0.753. The summed E-state index contributed by atoms with van der Waals surface area (Å²) < 4.78 is 0. The van der Waals surface area contributed by atoms with Crippen molar-refractivity contribution < 1.29 is 0 Å². The Hall–Kier alpha value is -7.22. The Morgan fingerprint density at radius 1 is 0.228 bits per heavy atom. The van der Waals surface area contributed by atoms with E-state index in [1.807, 2.05) is 0 Å². The van der Waals surface area contributed by atoms with Gasteiger partial charge in [0, 0.05) is 5.69 Å². The second-order valence-electron chi connectivity index (χ2n) is 15.8. The highest BCUT2D eigenvalue weighted by Crippen LogP contribution is 2.67. The average molecular weight is 722 g/mol. The van der Waals surface area contributed by atoms with Gasteiger partial charge in [-0.2, -0.15) is 0 Å². The molecule has 0 amide bonds. The van der Waals surface area contributed by atoms with Crippen LogP contribution in [-0.4, -0.2) is 0 Å². The molecule has 1 aliphatic heterocycles. The zero-order valence-corrected chi connectivity index (χ0v) is 31.2. The van der Waals surface area contributed by atoms with Crippen LogP contribution in [0, 0.1) is 0 Å². The molecule has 4 aliphatic rings. The van der Waals surface area contributed by atoms with Gasteiger partial charge in [-0.1, -0.05) is 188 Å². The predicted molar refractivity (Wildman–Crippen MR) is 234 cm³/mol. The molecule has 1 nitrogen and oxygen atoms in total. The summed E-state index contributed by atoms with van der Waals surface area (Å²) in [6.07, 6.45) is 0. The third-order valence-electron chi connectivity index (χ3n) is 13.5. The number of fused-ring (bicyclic) bond motifs is 19. The molecule has 2 spiro atoms. The van der Waals surface area contributed by atoms with Crippen molar-refractivity contribution in [3.8, 4) is 44.5 Å². The highest BCUT2D eigenvalue weighted by Gasteiger charge is 2.54. The van der Waals surface area contributed by atoms with Crippen LogP contribution in [0.5, 0.6) is 0 Å². The van der Waals surface area contributed by atoms with Gasteiger partial charge >= 0.3 is 0 Å². The van der Waals surface area contributed by atoms with Crippen LogP contribution in [0.1, 0.15) is 44.5 Å². The summed E-state index contributed by atoms with van der Waals surface area (Å²) >= 11 is 0. The average Bonchev–Trinajstić information content (AvgIpc) is 3.88. The lowest BCUT2D eigenvalue weighted by atomic mass is 9.64. The minimum absolute atomic E-state index is 0.394. The number of rotatable bonds is 2. The molecule has 9 aromatic carbocycles. The zero-order valence-electron chi connectivity index (χ0n) is 31.2. The molecule has 13 rings (SSSR count). The second kappa shape index (κ2) is 11.2. The fourth-order valence-electron chi connectivity index (χ4n) is 11.6. The zero-order chi connectivity index (χ0) is 37.3. The van der Waals surface area contributed by atoms with Crippen LogP contribution in [-0.2, 0) is 10.8 Å². The minimum atomic E-state index is -0.513. The quantitative estimate of drug-likeness (QED) is 0.172. The molecule has 1 heterocycles. The van der Waals surface area contributed by atoms with Crippen molar-refractivity contribution in [3.05, 3.63) is 257 Å². The van der Waals surface area contributed by atoms with E-state index in [0.29, 0.717) is 0 Å². The number of para-hydroxylation sites is 3. The molecule has 0 fully saturated rings. The highest BCUT2D eigenvalue weighted by molar-refractivity contribution is 6.05. The molecule has 0 saturated heterocycles. The maximum absolute atomic E-state index is 2.46. The molecule has 0 aromatic heterocycles. The third-order valence-corrected chi connectivity index (χ3v) is 13.5. The molecule has 3 aliphatic carbocycles. The molecule has 9 aromatic rings. The van der Waals surface area contributed by atoms with Crippen molar-refractivity contribution in [2.75, 3.05) is 4.90 Å². The third kappa shape index (κ3) is 3.66. The number of hydrogen-bond donors (Lipinski definition) is 0. The first-order valence-electron chi connectivity index (χ1n) is 20.0. The molecule has 57 heavy (non-hydrogen) atoms. The van der Waals surface area contributed by atoms with Gasteiger partial charge in [-0.05, 0) is 113 Å². The molecule has 0 unspecified atom stereocenters. The van der Waals surface area contributed by atoms with Gasteiger partial charge in [-0.3, -0.25) is 0 Å². The van der Waals surface area contributed by atoms with Gasteiger partial charge in [0.15, 0.2) is 0 Å². The Kier molecular flexibility index (Phi) is 6.09. The van der Waals surface area contributed by atoms with Gasteiger partial charge in [0.25, 0.3) is 0 Å². The number of nitrogens with zero attached hydrogens (tertiary/aromatic N) is 1. The molecular weight excluding hydrogens is 687 g/mol. The van der Waals surface area contributed by atoms with E-state index in [9.17, 15) is 0 Å². The number of anilines is 3. The Labute approximate surface area is 332 Å². The standard InChI is InChI=1S/C56H35N/c1-2-18-36(19-3-1)57-51-34-14-12-30-47(51)56(48-31-13-15-35-52(48)57)46-29-11-7-23-42(46)54-40(25-17-33-50(54)56)39-24-16-32-49-53(39)41-22-6-10-28-45(41)55(49)43-26-8-4-20-37(43)38-21-5-9-27-44(38)55/h1-35H. The fourth-order valence-corrected chi connectivity index (χ4v) is 11.6. The van der Waals surface area contributed by atoms with E-state index in [-0.39, 0.29) is 0 Å². The molecule has 0 bridgehead atoms. The Bertz CT molecular complexity index is 3060. The molecule has 0 radical (unpaired) electrons.